The van der Waals surface area contributed by atoms with Crippen LogP contribution in [0.3, 0.4) is 0 Å². The van der Waals surface area contributed by atoms with Gasteiger partial charge in [0.15, 0.2) is 0 Å². The molecular weight excluding hydrogens is 270 g/mol. The average molecular weight is 297 g/mol. The molecule has 0 amide bonds. The van der Waals surface area contributed by atoms with Gasteiger partial charge in [-0.25, -0.2) is 0 Å². The first-order valence-corrected chi connectivity index (χ1v) is 7.06. The summed E-state index contributed by atoms with van der Waals surface area (Å²) in [7, 11) is 0. The molecule has 0 spiro atoms. The van der Waals surface area contributed by atoms with E-state index in [1.807, 2.05) is 0 Å². The van der Waals surface area contributed by atoms with Crippen LogP contribution in [0.1, 0.15) is 54.4 Å². The van der Waals surface area contributed by atoms with Crippen molar-refractivity contribution in [1.82, 2.24) is 5.32 Å². The van der Waals surface area contributed by atoms with Crippen molar-refractivity contribution in [1.29, 1.82) is 0 Å². The van der Waals surface area contributed by atoms with Gasteiger partial charge in [0.05, 0.1) is 6.54 Å². The lowest BCUT2D eigenvalue weighted by atomic mass is 10.1. The molecule has 0 saturated carbocycles. The second-order valence-corrected chi connectivity index (χ2v) is 6.80. The SMILES string of the molecule is C#CCN[C@@H](CCC(=O)OC(C)(C)C)C(=O)OC(C)(C)C. The van der Waals surface area contributed by atoms with E-state index < -0.39 is 23.2 Å². The van der Waals surface area contributed by atoms with Crippen LogP contribution < -0.4 is 5.32 Å². The van der Waals surface area contributed by atoms with E-state index in [1.54, 1.807) is 41.5 Å². The number of carbonyl (C=O) groups excluding carboxylic acids is 2. The molecule has 5 nitrogen and oxygen atoms in total. The molecule has 120 valence electrons. The third-order valence-electron chi connectivity index (χ3n) is 2.20. The fourth-order valence-corrected chi connectivity index (χ4v) is 1.51. The van der Waals surface area contributed by atoms with E-state index in [0.717, 1.165) is 0 Å². The van der Waals surface area contributed by atoms with Gasteiger partial charge in [0.1, 0.15) is 17.2 Å². The Morgan fingerprint density at radius 1 is 1.10 bits per heavy atom. The molecule has 0 heterocycles. The molecule has 0 fully saturated rings. The van der Waals surface area contributed by atoms with Crippen molar-refractivity contribution < 1.29 is 19.1 Å². The molecule has 0 aliphatic carbocycles. The normalized spacial score (nSPS) is 13.2. The molecule has 1 atom stereocenters. The summed E-state index contributed by atoms with van der Waals surface area (Å²) in [5.41, 5.74) is -1.12. The number of rotatable bonds is 6. The Kier molecular flexibility index (Phi) is 7.45. The minimum atomic E-state index is -0.618. The van der Waals surface area contributed by atoms with Gasteiger partial charge in [0.2, 0.25) is 0 Å². The number of ether oxygens (including phenoxy) is 2. The molecule has 0 saturated heterocycles. The van der Waals surface area contributed by atoms with Gasteiger partial charge in [0, 0.05) is 6.42 Å². The summed E-state index contributed by atoms with van der Waals surface area (Å²) in [5, 5.41) is 2.89. The van der Waals surface area contributed by atoms with E-state index in [2.05, 4.69) is 11.2 Å². The fourth-order valence-electron chi connectivity index (χ4n) is 1.51. The summed E-state index contributed by atoms with van der Waals surface area (Å²) in [6.07, 6.45) is 5.59. The molecule has 0 aromatic heterocycles. The highest BCUT2D eigenvalue weighted by molar-refractivity contribution is 5.77. The molecule has 0 rings (SSSR count). The quantitative estimate of drug-likeness (QED) is 0.600. The van der Waals surface area contributed by atoms with E-state index >= 15 is 0 Å². The van der Waals surface area contributed by atoms with Gasteiger partial charge >= 0.3 is 11.9 Å². The van der Waals surface area contributed by atoms with Crippen molar-refractivity contribution in [3.63, 3.8) is 0 Å². The van der Waals surface area contributed by atoms with Gasteiger partial charge in [0.25, 0.3) is 0 Å². The summed E-state index contributed by atoms with van der Waals surface area (Å²) in [6, 6.07) is -0.618. The zero-order chi connectivity index (χ0) is 16.7. The number of hydrogen-bond donors (Lipinski definition) is 1. The topological polar surface area (TPSA) is 64.6 Å². The predicted octanol–water partition coefficient (Wildman–Crippen LogP) is 2.04. The minimum absolute atomic E-state index is 0.124. The van der Waals surface area contributed by atoms with E-state index in [9.17, 15) is 9.59 Å². The van der Waals surface area contributed by atoms with Crippen LogP contribution in [0.5, 0.6) is 0 Å². The molecule has 1 N–H and O–H groups in total. The monoisotopic (exact) mass is 297 g/mol. The molecule has 0 bridgehead atoms. The Labute approximate surface area is 127 Å². The molecule has 21 heavy (non-hydrogen) atoms. The zero-order valence-corrected chi connectivity index (χ0v) is 13.9. The first kappa shape index (κ1) is 19.5. The van der Waals surface area contributed by atoms with Crippen LogP contribution in [-0.2, 0) is 19.1 Å². The number of esters is 2. The van der Waals surface area contributed by atoms with E-state index in [0.29, 0.717) is 0 Å². The van der Waals surface area contributed by atoms with Crippen LogP contribution >= 0.6 is 0 Å². The molecule has 0 aliphatic heterocycles. The van der Waals surface area contributed by atoms with Gasteiger partial charge in [-0.05, 0) is 48.0 Å². The maximum Gasteiger partial charge on any atom is 0.323 e. The van der Waals surface area contributed by atoms with Crippen molar-refractivity contribution >= 4 is 11.9 Å². The maximum absolute atomic E-state index is 12.1. The van der Waals surface area contributed by atoms with Crippen LogP contribution in [0.2, 0.25) is 0 Å². The first-order valence-electron chi connectivity index (χ1n) is 7.06. The third-order valence-corrected chi connectivity index (χ3v) is 2.20. The van der Waals surface area contributed by atoms with Gasteiger partial charge in [-0.15, -0.1) is 6.42 Å². The highest BCUT2D eigenvalue weighted by Crippen LogP contribution is 2.13. The largest absolute Gasteiger partial charge is 0.460 e. The van der Waals surface area contributed by atoms with Crippen molar-refractivity contribution in [3.8, 4) is 12.3 Å². The molecular formula is C16H27NO4. The predicted molar refractivity (Wildman–Crippen MR) is 81.5 cm³/mol. The zero-order valence-electron chi connectivity index (χ0n) is 13.9. The standard InChI is InChI=1S/C16H27NO4/c1-8-11-17-12(14(19)21-16(5,6)7)9-10-13(18)20-15(2,3)4/h1,12,17H,9-11H2,2-7H3/t12-/m0/s1. The molecule has 0 aromatic carbocycles. The smallest absolute Gasteiger partial charge is 0.323 e. The average Bonchev–Trinajstić information content (AvgIpc) is 2.24. The van der Waals surface area contributed by atoms with Gasteiger partial charge in [-0.1, -0.05) is 5.92 Å². The van der Waals surface area contributed by atoms with Crippen LogP contribution in [-0.4, -0.2) is 35.7 Å². The van der Waals surface area contributed by atoms with E-state index in [4.69, 9.17) is 15.9 Å². The molecule has 0 aliphatic rings. The Balaban J connectivity index is 4.53. The molecule has 0 aromatic rings. The molecule has 0 unspecified atom stereocenters. The van der Waals surface area contributed by atoms with Crippen molar-refractivity contribution in [2.75, 3.05) is 6.54 Å². The minimum Gasteiger partial charge on any atom is -0.460 e. The Morgan fingerprint density at radius 2 is 1.62 bits per heavy atom. The summed E-state index contributed by atoms with van der Waals surface area (Å²) in [5.74, 6) is 1.64. The lowest BCUT2D eigenvalue weighted by molar-refractivity contribution is -0.158. The van der Waals surface area contributed by atoms with E-state index in [1.165, 1.54) is 0 Å². The van der Waals surface area contributed by atoms with Crippen molar-refractivity contribution in [2.24, 2.45) is 0 Å². The second-order valence-electron chi connectivity index (χ2n) is 6.80. The lowest BCUT2D eigenvalue weighted by Crippen LogP contribution is -2.42. The van der Waals surface area contributed by atoms with Crippen LogP contribution in [0.4, 0.5) is 0 Å². The van der Waals surface area contributed by atoms with Crippen LogP contribution in [0, 0.1) is 12.3 Å². The van der Waals surface area contributed by atoms with E-state index in [-0.39, 0.29) is 25.4 Å². The Bertz CT molecular complexity index is 396. The van der Waals surface area contributed by atoms with Gasteiger partial charge in [-0.3, -0.25) is 14.9 Å². The van der Waals surface area contributed by atoms with Crippen molar-refractivity contribution in [2.45, 2.75) is 71.6 Å². The first-order chi connectivity index (χ1) is 9.44. The van der Waals surface area contributed by atoms with Crippen LogP contribution in [0.25, 0.3) is 0 Å². The number of carbonyl (C=O) groups is 2. The summed E-state index contributed by atoms with van der Waals surface area (Å²) >= 11 is 0. The molecule has 5 heteroatoms. The van der Waals surface area contributed by atoms with Gasteiger partial charge in [-0.2, -0.15) is 0 Å². The molecule has 0 radical (unpaired) electrons. The lowest BCUT2D eigenvalue weighted by Gasteiger charge is -2.24. The summed E-state index contributed by atoms with van der Waals surface area (Å²) in [6.45, 7) is 11.0. The third kappa shape index (κ3) is 10.9. The van der Waals surface area contributed by atoms with Gasteiger partial charge < -0.3 is 9.47 Å². The summed E-state index contributed by atoms with van der Waals surface area (Å²) in [4.78, 5) is 23.8. The number of hydrogen-bond acceptors (Lipinski definition) is 5. The fraction of sp³-hybridized carbons (Fsp3) is 0.750. The maximum atomic E-state index is 12.1. The van der Waals surface area contributed by atoms with Crippen molar-refractivity contribution in [3.05, 3.63) is 0 Å². The summed E-state index contributed by atoms with van der Waals surface area (Å²) < 4.78 is 10.5. The highest BCUT2D eigenvalue weighted by Gasteiger charge is 2.26. The highest BCUT2D eigenvalue weighted by atomic mass is 16.6. The Hall–Kier alpha value is -1.54. The Morgan fingerprint density at radius 3 is 2.05 bits per heavy atom. The van der Waals surface area contributed by atoms with Crippen LogP contribution in [0.15, 0.2) is 0 Å². The number of nitrogens with one attached hydrogen (secondary N) is 1. The second kappa shape index (κ2) is 8.04. The number of terminal acetylenes is 1.